The van der Waals surface area contributed by atoms with Gasteiger partial charge in [0.1, 0.15) is 12.7 Å². The summed E-state index contributed by atoms with van der Waals surface area (Å²) in [6.07, 6.45) is 1.09. The van der Waals surface area contributed by atoms with Crippen molar-refractivity contribution >= 4 is 0 Å². The van der Waals surface area contributed by atoms with E-state index in [2.05, 4.69) is 30.3 Å². The fourth-order valence-electron chi connectivity index (χ4n) is 3.22. The summed E-state index contributed by atoms with van der Waals surface area (Å²) in [5, 5.41) is 0. The molecule has 1 saturated carbocycles. The van der Waals surface area contributed by atoms with Crippen LogP contribution in [0.2, 0.25) is 0 Å². The lowest BCUT2D eigenvalue weighted by molar-refractivity contribution is 0.0663. The zero-order chi connectivity index (χ0) is 14.2. The van der Waals surface area contributed by atoms with Crippen molar-refractivity contribution in [1.82, 2.24) is 0 Å². The maximum Gasteiger partial charge on any atom is 0.161 e. The molecule has 0 radical (unpaired) electrons. The Kier molecular flexibility index (Phi) is 3.08. The summed E-state index contributed by atoms with van der Waals surface area (Å²) in [6.45, 7) is 0.538. The predicted molar refractivity (Wildman–Crippen MR) is 81.6 cm³/mol. The molecule has 1 fully saturated rings. The maximum absolute atomic E-state index is 6.43. The SMILES string of the molecule is NC(C1COc2ccccc2O1)C1CC1c1ccccc1. The number of rotatable bonds is 3. The van der Waals surface area contributed by atoms with Gasteiger partial charge in [-0.25, -0.2) is 0 Å². The molecule has 2 N–H and O–H groups in total. The zero-order valence-electron chi connectivity index (χ0n) is 11.8. The van der Waals surface area contributed by atoms with E-state index < -0.39 is 0 Å². The molecule has 21 heavy (non-hydrogen) atoms. The van der Waals surface area contributed by atoms with Crippen LogP contribution in [0.5, 0.6) is 11.5 Å². The van der Waals surface area contributed by atoms with Gasteiger partial charge in [-0.05, 0) is 36.0 Å². The van der Waals surface area contributed by atoms with Gasteiger partial charge >= 0.3 is 0 Å². The van der Waals surface area contributed by atoms with Crippen molar-refractivity contribution in [1.29, 1.82) is 0 Å². The van der Waals surface area contributed by atoms with Crippen LogP contribution in [0.1, 0.15) is 17.9 Å². The Morgan fingerprint density at radius 3 is 2.48 bits per heavy atom. The predicted octanol–water partition coefficient (Wildman–Crippen LogP) is 2.96. The Labute approximate surface area is 124 Å². The number of nitrogens with two attached hydrogens (primary N) is 1. The van der Waals surface area contributed by atoms with E-state index in [9.17, 15) is 0 Å². The summed E-state index contributed by atoms with van der Waals surface area (Å²) in [5.74, 6) is 2.69. The summed E-state index contributed by atoms with van der Waals surface area (Å²) in [5.41, 5.74) is 7.82. The van der Waals surface area contributed by atoms with Crippen molar-refractivity contribution in [2.24, 2.45) is 11.7 Å². The molecule has 0 aromatic heterocycles. The quantitative estimate of drug-likeness (QED) is 0.940. The van der Waals surface area contributed by atoms with Gasteiger partial charge < -0.3 is 15.2 Å². The number of para-hydroxylation sites is 2. The first-order valence-electron chi connectivity index (χ1n) is 7.52. The Balaban J connectivity index is 1.45. The number of hydrogen-bond donors (Lipinski definition) is 1. The molecule has 3 heteroatoms. The lowest BCUT2D eigenvalue weighted by Gasteiger charge is -2.30. The zero-order valence-corrected chi connectivity index (χ0v) is 11.8. The first-order chi connectivity index (χ1) is 10.3. The normalized spacial score (nSPS) is 28.0. The van der Waals surface area contributed by atoms with Gasteiger partial charge in [0.05, 0.1) is 0 Å². The highest BCUT2D eigenvalue weighted by atomic mass is 16.6. The number of benzene rings is 2. The van der Waals surface area contributed by atoms with Gasteiger partial charge in [-0.3, -0.25) is 0 Å². The molecular weight excluding hydrogens is 262 g/mol. The highest BCUT2D eigenvalue weighted by molar-refractivity contribution is 5.41. The fraction of sp³-hybridized carbons (Fsp3) is 0.333. The smallest absolute Gasteiger partial charge is 0.161 e. The van der Waals surface area contributed by atoms with E-state index in [1.54, 1.807) is 0 Å². The molecule has 4 unspecified atom stereocenters. The van der Waals surface area contributed by atoms with Crippen LogP contribution < -0.4 is 15.2 Å². The summed E-state index contributed by atoms with van der Waals surface area (Å²) >= 11 is 0. The van der Waals surface area contributed by atoms with Gasteiger partial charge in [0.25, 0.3) is 0 Å². The molecule has 2 aromatic carbocycles. The van der Waals surface area contributed by atoms with Crippen molar-refractivity contribution in [3.05, 3.63) is 60.2 Å². The lowest BCUT2D eigenvalue weighted by Crippen LogP contribution is -2.46. The third-order valence-electron chi connectivity index (χ3n) is 4.52. The minimum absolute atomic E-state index is 0.0172. The second-order valence-electron chi connectivity index (χ2n) is 5.91. The molecule has 2 aromatic rings. The highest BCUT2D eigenvalue weighted by Crippen LogP contribution is 2.50. The van der Waals surface area contributed by atoms with E-state index in [1.807, 2.05) is 24.3 Å². The minimum Gasteiger partial charge on any atom is -0.486 e. The molecule has 0 spiro atoms. The van der Waals surface area contributed by atoms with Crippen molar-refractivity contribution < 1.29 is 9.47 Å². The Bertz CT molecular complexity index is 628. The Hall–Kier alpha value is -2.00. The first-order valence-corrected chi connectivity index (χ1v) is 7.52. The summed E-state index contributed by atoms with van der Waals surface area (Å²) in [4.78, 5) is 0. The van der Waals surface area contributed by atoms with E-state index >= 15 is 0 Å². The number of fused-ring (bicyclic) bond motifs is 1. The standard InChI is InChI=1S/C18H19NO2/c19-18(14-10-13(14)12-6-2-1-3-7-12)17-11-20-15-8-4-5-9-16(15)21-17/h1-9,13-14,17-18H,10-11,19H2. The molecule has 0 amide bonds. The van der Waals surface area contributed by atoms with E-state index in [0.717, 1.165) is 17.9 Å². The Morgan fingerprint density at radius 2 is 1.67 bits per heavy atom. The third kappa shape index (κ3) is 2.38. The average molecular weight is 281 g/mol. The van der Waals surface area contributed by atoms with Crippen LogP contribution in [0.3, 0.4) is 0 Å². The van der Waals surface area contributed by atoms with E-state index in [0.29, 0.717) is 18.4 Å². The van der Waals surface area contributed by atoms with Crippen LogP contribution in [-0.2, 0) is 0 Å². The van der Waals surface area contributed by atoms with Crippen LogP contribution in [-0.4, -0.2) is 18.8 Å². The molecule has 0 saturated heterocycles. The van der Waals surface area contributed by atoms with Crippen molar-refractivity contribution in [3.8, 4) is 11.5 Å². The molecule has 0 bridgehead atoms. The van der Waals surface area contributed by atoms with Crippen LogP contribution in [0.15, 0.2) is 54.6 Å². The topological polar surface area (TPSA) is 44.5 Å². The number of hydrogen-bond acceptors (Lipinski definition) is 3. The van der Waals surface area contributed by atoms with E-state index in [1.165, 1.54) is 5.56 Å². The molecule has 1 aliphatic heterocycles. The largest absolute Gasteiger partial charge is 0.486 e. The van der Waals surface area contributed by atoms with Crippen LogP contribution in [0, 0.1) is 5.92 Å². The van der Waals surface area contributed by atoms with E-state index in [-0.39, 0.29) is 12.1 Å². The van der Waals surface area contributed by atoms with Gasteiger partial charge in [0, 0.05) is 6.04 Å². The van der Waals surface area contributed by atoms with Gasteiger partial charge in [-0.1, -0.05) is 42.5 Å². The molecule has 2 aliphatic rings. The highest BCUT2D eigenvalue weighted by Gasteiger charge is 2.46. The van der Waals surface area contributed by atoms with Crippen molar-refractivity contribution in [2.75, 3.05) is 6.61 Å². The molecule has 1 heterocycles. The fourth-order valence-corrected chi connectivity index (χ4v) is 3.22. The number of ether oxygens (including phenoxy) is 2. The van der Waals surface area contributed by atoms with Crippen LogP contribution >= 0.6 is 0 Å². The Morgan fingerprint density at radius 1 is 0.952 bits per heavy atom. The monoisotopic (exact) mass is 281 g/mol. The van der Waals surface area contributed by atoms with Gasteiger partial charge in [-0.15, -0.1) is 0 Å². The molecule has 1 aliphatic carbocycles. The third-order valence-corrected chi connectivity index (χ3v) is 4.52. The van der Waals surface area contributed by atoms with E-state index in [4.69, 9.17) is 15.2 Å². The van der Waals surface area contributed by atoms with Gasteiger partial charge in [-0.2, -0.15) is 0 Å². The molecule has 4 atom stereocenters. The van der Waals surface area contributed by atoms with Crippen molar-refractivity contribution in [3.63, 3.8) is 0 Å². The lowest BCUT2D eigenvalue weighted by atomic mass is 10.0. The van der Waals surface area contributed by atoms with Crippen LogP contribution in [0.4, 0.5) is 0 Å². The molecule has 108 valence electrons. The summed E-state index contributed by atoms with van der Waals surface area (Å²) in [6, 6.07) is 18.4. The molecular formula is C18H19NO2. The van der Waals surface area contributed by atoms with Crippen molar-refractivity contribution in [2.45, 2.75) is 24.5 Å². The van der Waals surface area contributed by atoms with Gasteiger partial charge in [0.15, 0.2) is 11.5 Å². The maximum atomic E-state index is 6.43. The summed E-state index contributed by atoms with van der Waals surface area (Å²) < 4.78 is 11.8. The molecule has 4 rings (SSSR count). The first kappa shape index (κ1) is 12.7. The average Bonchev–Trinajstić information content (AvgIpc) is 3.35. The van der Waals surface area contributed by atoms with Gasteiger partial charge in [0.2, 0.25) is 0 Å². The van der Waals surface area contributed by atoms with Crippen LogP contribution in [0.25, 0.3) is 0 Å². The molecule has 3 nitrogen and oxygen atoms in total. The second-order valence-corrected chi connectivity index (χ2v) is 5.91. The summed E-state index contributed by atoms with van der Waals surface area (Å²) in [7, 11) is 0. The minimum atomic E-state index is -0.0568. The second kappa shape index (κ2) is 5.08.